The molecule has 3 rings (SSSR count). The van der Waals surface area contributed by atoms with Crippen molar-refractivity contribution in [3.05, 3.63) is 54.5 Å². The van der Waals surface area contributed by atoms with Crippen molar-refractivity contribution in [2.75, 3.05) is 26.3 Å². The van der Waals surface area contributed by atoms with Crippen molar-refractivity contribution in [3.8, 4) is 5.75 Å². The molecule has 7 heteroatoms. The molecule has 1 fully saturated rings. The van der Waals surface area contributed by atoms with Gasteiger partial charge in [0.2, 0.25) is 5.91 Å². The maximum absolute atomic E-state index is 13.3. The van der Waals surface area contributed by atoms with Crippen LogP contribution < -0.4 is 4.74 Å². The average Bonchev–Trinajstić information content (AvgIpc) is 3.50. The summed E-state index contributed by atoms with van der Waals surface area (Å²) in [6.45, 7) is 5.41. The van der Waals surface area contributed by atoms with Gasteiger partial charge in [-0.25, -0.2) is 0 Å². The second-order valence-corrected chi connectivity index (χ2v) is 7.87. The van der Waals surface area contributed by atoms with Gasteiger partial charge in [-0.2, -0.15) is 0 Å². The zero-order chi connectivity index (χ0) is 22.1. The van der Waals surface area contributed by atoms with Crippen molar-refractivity contribution < 1.29 is 23.5 Å². The molecule has 1 saturated heterocycles. The number of furan rings is 1. The molecule has 1 aromatic carbocycles. The van der Waals surface area contributed by atoms with Crippen LogP contribution in [0.25, 0.3) is 0 Å². The van der Waals surface area contributed by atoms with Gasteiger partial charge < -0.3 is 23.7 Å². The molecule has 2 atom stereocenters. The minimum atomic E-state index is -0.207. The second kappa shape index (κ2) is 11.6. The lowest BCUT2D eigenvalue weighted by Gasteiger charge is -2.31. The Kier molecular flexibility index (Phi) is 8.53. The third-order valence-electron chi connectivity index (χ3n) is 5.58. The minimum Gasteiger partial charge on any atom is -0.484 e. The van der Waals surface area contributed by atoms with E-state index in [2.05, 4.69) is 0 Å². The molecule has 0 spiro atoms. The lowest BCUT2D eigenvalue weighted by molar-refractivity contribution is -0.144. The molecule has 1 aromatic heterocycles. The standard InChI is InChI=1S/C24H32N2O5/c1-3-19(2)26(24(28)18-31-20-9-5-4-6-10-20)17-23(27)25(15-21-11-7-13-29-21)16-22-12-8-14-30-22/h4-7,9-11,13,19,22H,3,8,12,14-18H2,1-2H3/t19-,22+/m1/s1. The Hall–Kier alpha value is -2.80. The lowest BCUT2D eigenvalue weighted by Crippen LogP contribution is -2.49. The fourth-order valence-corrected chi connectivity index (χ4v) is 3.58. The molecule has 0 bridgehead atoms. The monoisotopic (exact) mass is 428 g/mol. The van der Waals surface area contributed by atoms with E-state index in [0.717, 1.165) is 25.9 Å². The molecule has 1 aliphatic heterocycles. The predicted molar refractivity (Wildman–Crippen MR) is 117 cm³/mol. The highest BCUT2D eigenvalue weighted by molar-refractivity contribution is 5.85. The predicted octanol–water partition coefficient (Wildman–Crippen LogP) is 3.49. The third-order valence-corrected chi connectivity index (χ3v) is 5.58. The Labute approximate surface area is 183 Å². The van der Waals surface area contributed by atoms with Crippen LogP contribution >= 0.6 is 0 Å². The maximum atomic E-state index is 13.3. The number of hydrogen-bond acceptors (Lipinski definition) is 5. The molecular weight excluding hydrogens is 396 g/mol. The van der Waals surface area contributed by atoms with Gasteiger partial charge in [-0.1, -0.05) is 25.1 Å². The highest BCUT2D eigenvalue weighted by Crippen LogP contribution is 2.17. The number of hydrogen-bond donors (Lipinski definition) is 0. The first-order valence-electron chi connectivity index (χ1n) is 11.0. The zero-order valence-electron chi connectivity index (χ0n) is 18.4. The Bertz CT molecular complexity index is 803. The van der Waals surface area contributed by atoms with Crippen LogP contribution in [-0.4, -0.2) is 60.1 Å². The fraction of sp³-hybridized carbons (Fsp3) is 0.500. The minimum absolute atomic E-state index is 0.000577. The van der Waals surface area contributed by atoms with Crippen molar-refractivity contribution in [1.29, 1.82) is 0 Å². The number of ether oxygens (including phenoxy) is 2. The molecule has 2 aromatic rings. The Morgan fingerprint density at radius 3 is 2.61 bits per heavy atom. The smallest absolute Gasteiger partial charge is 0.261 e. The first kappa shape index (κ1) is 22.9. The lowest BCUT2D eigenvalue weighted by atomic mass is 10.2. The van der Waals surface area contributed by atoms with Gasteiger partial charge in [0.15, 0.2) is 6.61 Å². The Morgan fingerprint density at radius 1 is 1.16 bits per heavy atom. The van der Waals surface area contributed by atoms with E-state index >= 15 is 0 Å². The first-order chi connectivity index (χ1) is 15.1. The number of para-hydroxylation sites is 1. The normalized spacial score (nSPS) is 16.6. The number of rotatable bonds is 11. The van der Waals surface area contributed by atoms with E-state index < -0.39 is 0 Å². The van der Waals surface area contributed by atoms with Crippen LogP contribution in [0.2, 0.25) is 0 Å². The zero-order valence-corrected chi connectivity index (χ0v) is 18.4. The molecule has 1 aliphatic rings. The molecule has 2 amide bonds. The summed E-state index contributed by atoms with van der Waals surface area (Å²) in [5.74, 6) is 1.01. The van der Waals surface area contributed by atoms with Gasteiger partial charge in [-0.05, 0) is 50.5 Å². The van der Waals surface area contributed by atoms with E-state index in [-0.39, 0.29) is 37.1 Å². The highest BCUT2D eigenvalue weighted by Gasteiger charge is 2.28. The van der Waals surface area contributed by atoms with Crippen molar-refractivity contribution in [3.63, 3.8) is 0 Å². The van der Waals surface area contributed by atoms with E-state index in [1.54, 1.807) is 34.3 Å². The summed E-state index contributed by atoms with van der Waals surface area (Å²) in [6, 6.07) is 12.8. The number of amides is 2. The SMILES string of the molecule is CC[C@@H](C)N(CC(=O)N(Cc1ccco1)C[C@@H]1CCCO1)C(=O)COc1ccccc1. The van der Waals surface area contributed by atoms with Gasteiger partial charge in [0.1, 0.15) is 18.1 Å². The van der Waals surface area contributed by atoms with Gasteiger partial charge in [-0.15, -0.1) is 0 Å². The fourth-order valence-electron chi connectivity index (χ4n) is 3.58. The second-order valence-electron chi connectivity index (χ2n) is 7.87. The number of benzene rings is 1. The summed E-state index contributed by atoms with van der Waals surface area (Å²) >= 11 is 0. The quantitative estimate of drug-likeness (QED) is 0.548. The molecule has 7 nitrogen and oxygen atoms in total. The summed E-state index contributed by atoms with van der Waals surface area (Å²) in [5, 5.41) is 0. The molecule has 31 heavy (non-hydrogen) atoms. The largest absolute Gasteiger partial charge is 0.484 e. The van der Waals surface area contributed by atoms with Gasteiger partial charge >= 0.3 is 0 Å². The van der Waals surface area contributed by atoms with Gasteiger partial charge in [0.25, 0.3) is 5.91 Å². The highest BCUT2D eigenvalue weighted by atomic mass is 16.5. The van der Waals surface area contributed by atoms with Crippen LogP contribution in [0.3, 0.4) is 0 Å². The molecule has 0 N–H and O–H groups in total. The van der Waals surface area contributed by atoms with Crippen LogP contribution in [0.15, 0.2) is 53.1 Å². The van der Waals surface area contributed by atoms with Crippen molar-refractivity contribution in [2.24, 2.45) is 0 Å². The molecule has 0 radical (unpaired) electrons. The summed E-state index contributed by atoms with van der Waals surface area (Å²) in [5.41, 5.74) is 0. The van der Waals surface area contributed by atoms with Crippen LogP contribution in [0, 0.1) is 0 Å². The molecule has 0 unspecified atom stereocenters. The first-order valence-corrected chi connectivity index (χ1v) is 11.0. The Morgan fingerprint density at radius 2 is 1.97 bits per heavy atom. The molecule has 168 valence electrons. The van der Waals surface area contributed by atoms with E-state index in [0.29, 0.717) is 24.6 Å². The van der Waals surface area contributed by atoms with E-state index in [4.69, 9.17) is 13.9 Å². The van der Waals surface area contributed by atoms with Gasteiger partial charge in [0, 0.05) is 19.2 Å². The molecular formula is C24H32N2O5. The van der Waals surface area contributed by atoms with Crippen molar-refractivity contribution >= 4 is 11.8 Å². The summed E-state index contributed by atoms with van der Waals surface area (Å²) in [7, 11) is 0. The number of carbonyl (C=O) groups excluding carboxylic acids is 2. The van der Waals surface area contributed by atoms with Crippen LogP contribution in [0.5, 0.6) is 5.75 Å². The van der Waals surface area contributed by atoms with Crippen LogP contribution in [0.1, 0.15) is 38.9 Å². The van der Waals surface area contributed by atoms with E-state index in [1.807, 2.05) is 38.1 Å². The molecule has 2 heterocycles. The van der Waals surface area contributed by atoms with Crippen molar-refractivity contribution in [2.45, 2.75) is 51.8 Å². The number of carbonyl (C=O) groups is 2. The van der Waals surface area contributed by atoms with E-state index in [1.165, 1.54) is 0 Å². The van der Waals surface area contributed by atoms with Gasteiger partial charge in [-0.3, -0.25) is 9.59 Å². The molecule has 0 saturated carbocycles. The van der Waals surface area contributed by atoms with Gasteiger partial charge in [0.05, 0.1) is 18.9 Å². The summed E-state index contributed by atoms with van der Waals surface area (Å²) in [6.07, 6.45) is 4.30. The van der Waals surface area contributed by atoms with Crippen LogP contribution in [-0.2, 0) is 20.9 Å². The molecule has 0 aliphatic carbocycles. The summed E-state index contributed by atoms with van der Waals surface area (Å²) in [4.78, 5) is 29.5. The third kappa shape index (κ3) is 6.85. The van der Waals surface area contributed by atoms with Crippen LogP contribution in [0.4, 0.5) is 0 Å². The van der Waals surface area contributed by atoms with E-state index in [9.17, 15) is 9.59 Å². The summed E-state index contributed by atoms with van der Waals surface area (Å²) < 4.78 is 16.8. The topological polar surface area (TPSA) is 72.2 Å². The maximum Gasteiger partial charge on any atom is 0.261 e. The van der Waals surface area contributed by atoms with Crippen molar-refractivity contribution in [1.82, 2.24) is 9.80 Å². The number of nitrogens with zero attached hydrogens (tertiary/aromatic N) is 2. The average molecular weight is 429 g/mol. The Balaban J connectivity index is 1.65.